The molecule has 5 rings (SSSR count). The molecule has 2 saturated carbocycles. The number of thioether (sulfide) groups is 1. The van der Waals surface area contributed by atoms with Crippen molar-refractivity contribution in [2.75, 3.05) is 24.3 Å². The van der Waals surface area contributed by atoms with Crippen LogP contribution in [0.5, 0.6) is 0 Å². The molecule has 4 N–H and O–H groups in total. The van der Waals surface area contributed by atoms with E-state index in [1.54, 1.807) is 6.07 Å². The highest BCUT2D eigenvalue weighted by Gasteiger charge is 2.45. The molecule has 0 aliphatic heterocycles. The van der Waals surface area contributed by atoms with Crippen LogP contribution in [0.15, 0.2) is 23.4 Å². The third kappa shape index (κ3) is 4.90. The van der Waals surface area contributed by atoms with Gasteiger partial charge in [-0.3, -0.25) is 0 Å². The summed E-state index contributed by atoms with van der Waals surface area (Å²) in [6.07, 6.45) is -1.04. The lowest BCUT2D eigenvalue weighted by Crippen LogP contribution is -2.33. The molecule has 3 aromatic rings. The van der Waals surface area contributed by atoms with Gasteiger partial charge in [0.1, 0.15) is 12.2 Å². The number of aliphatic hydroxyl groups excluding tert-OH is 3. The molecule has 2 aliphatic carbocycles. The summed E-state index contributed by atoms with van der Waals surface area (Å²) in [5.74, 6) is -0.472. The number of nitrogens with zero attached hydrogens (tertiary/aromatic N) is 5. The second kappa shape index (κ2) is 10.5. The second-order valence-corrected chi connectivity index (χ2v) is 10.2. The average Bonchev–Trinajstić information content (AvgIpc) is 3.41. The topological polar surface area (TPSA) is 138 Å². The van der Waals surface area contributed by atoms with Crippen LogP contribution in [0.1, 0.15) is 43.7 Å². The predicted octanol–water partition coefficient (Wildman–Crippen LogP) is 2.01. The van der Waals surface area contributed by atoms with Crippen molar-refractivity contribution in [3.63, 3.8) is 0 Å². The van der Waals surface area contributed by atoms with Gasteiger partial charge < -0.3 is 25.4 Å². The number of hydrogen-bond acceptors (Lipinski definition) is 10. The number of aliphatic hydroxyl groups is 3. The number of ether oxygens (including phenoxy) is 1. The maximum atomic E-state index is 13.7. The Hall–Kier alpha value is -2.45. The molecule has 2 aromatic heterocycles. The SMILES string of the molecule is CCCSc1nc(N[C@@H]2CC2c2ccc(F)c(F)c2)c2nnn(C3CC(OCCO)[C@@H](O)[C@H]3O)c2n1. The molecule has 0 spiro atoms. The molecule has 0 amide bonds. The van der Waals surface area contributed by atoms with Gasteiger partial charge in [0.15, 0.2) is 33.8 Å². The van der Waals surface area contributed by atoms with E-state index in [1.165, 1.54) is 22.5 Å². The van der Waals surface area contributed by atoms with E-state index in [1.807, 2.05) is 0 Å². The van der Waals surface area contributed by atoms with Gasteiger partial charge in [0.2, 0.25) is 0 Å². The second-order valence-electron chi connectivity index (χ2n) is 9.09. The van der Waals surface area contributed by atoms with Crippen LogP contribution in [0.4, 0.5) is 14.6 Å². The fourth-order valence-corrected chi connectivity index (χ4v) is 5.31. The number of anilines is 1. The van der Waals surface area contributed by atoms with Gasteiger partial charge in [-0.15, -0.1) is 5.10 Å². The third-order valence-corrected chi connectivity index (χ3v) is 7.61. The number of hydrogen-bond donors (Lipinski definition) is 4. The van der Waals surface area contributed by atoms with Crippen LogP contribution in [0.25, 0.3) is 11.2 Å². The zero-order chi connectivity index (χ0) is 25.4. The Morgan fingerprint density at radius 3 is 2.75 bits per heavy atom. The molecule has 1 aromatic carbocycles. The van der Waals surface area contributed by atoms with Gasteiger partial charge in [-0.1, -0.05) is 30.0 Å². The summed E-state index contributed by atoms with van der Waals surface area (Å²) >= 11 is 1.48. The Morgan fingerprint density at radius 1 is 1.17 bits per heavy atom. The minimum absolute atomic E-state index is 0.00291. The first-order valence-electron chi connectivity index (χ1n) is 12.0. The summed E-state index contributed by atoms with van der Waals surface area (Å²) in [6.45, 7) is 1.91. The van der Waals surface area contributed by atoms with E-state index < -0.39 is 36.0 Å². The number of nitrogens with one attached hydrogen (secondary N) is 1. The molecule has 0 radical (unpaired) electrons. The van der Waals surface area contributed by atoms with Gasteiger partial charge in [-0.05, 0) is 30.5 Å². The lowest BCUT2D eigenvalue weighted by Gasteiger charge is -2.17. The molecule has 2 aliphatic rings. The Balaban J connectivity index is 1.43. The van der Waals surface area contributed by atoms with Crippen molar-refractivity contribution in [1.82, 2.24) is 25.0 Å². The van der Waals surface area contributed by atoms with Crippen molar-refractivity contribution >= 4 is 28.7 Å². The smallest absolute Gasteiger partial charge is 0.191 e. The molecule has 13 heteroatoms. The van der Waals surface area contributed by atoms with Crippen LogP contribution in [-0.2, 0) is 4.74 Å². The van der Waals surface area contributed by atoms with Crippen molar-refractivity contribution in [2.45, 2.75) is 67.7 Å². The minimum Gasteiger partial charge on any atom is -0.394 e. The molecule has 36 heavy (non-hydrogen) atoms. The standard InChI is InChI=1S/C23H28F2N6O4S/c1-2-7-36-23-27-21(26-15-9-12(15)11-3-4-13(24)14(25)8-11)18-22(28-23)31(30-29-18)16-10-17(35-6-5-32)20(34)19(16)33/h3-4,8,12,15-17,19-20,32-34H,2,5-7,9-10H2,1H3,(H,26,27,28)/t12?,15-,16?,17?,19+,20-/m1/s1. The first kappa shape index (κ1) is 25.2. The first-order chi connectivity index (χ1) is 17.4. The molecule has 6 atom stereocenters. The number of aromatic nitrogens is 5. The molecule has 2 heterocycles. The average molecular weight is 523 g/mol. The number of rotatable bonds is 10. The van der Waals surface area contributed by atoms with Crippen LogP contribution >= 0.6 is 11.8 Å². The maximum Gasteiger partial charge on any atom is 0.191 e. The van der Waals surface area contributed by atoms with E-state index in [2.05, 4.69) is 32.5 Å². The van der Waals surface area contributed by atoms with Crippen molar-refractivity contribution < 1.29 is 28.8 Å². The molecule has 2 fully saturated rings. The van der Waals surface area contributed by atoms with Crippen molar-refractivity contribution in [3.05, 3.63) is 35.4 Å². The van der Waals surface area contributed by atoms with E-state index in [0.717, 1.165) is 24.7 Å². The van der Waals surface area contributed by atoms with Crippen LogP contribution in [0.2, 0.25) is 0 Å². The summed E-state index contributed by atoms with van der Waals surface area (Å²) in [6, 6.07) is 3.26. The van der Waals surface area contributed by atoms with Crippen LogP contribution < -0.4 is 5.32 Å². The molecule has 0 saturated heterocycles. The highest BCUT2D eigenvalue weighted by atomic mass is 32.2. The highest BCUT2D eigenvalue weighted by molar-refractivity contribution is 7.99. The molecular formula is C23H28F2N6O4S. The van der Waals surface area contributed by atoms with Gasteiger partial charge >= 0.3 is 0 Å². The lowest BCUT2D eigenvalue weighted by molar-refractivity contribution is -0.0629. The third-order valence-electron chi connectivity index (χ3n) is 6.56. The predicted molar refractivity (Wildman–Crippen MR) is 128 cm³/mol. The monoisotopic (exact) mass is 522 g/mol. The molecular weight excluding hydrogens is 494 g/mol. The zero-order valence-corrected chi connectivity index (χ0v) is 20.4. The molecule has 194 valence electrons. The van der Waals surface area contributed by atoms with Crippen LogP contribution in [-0.4, -0.2) is 83.6 Å². The van der Waals surface area contributed by atoms with E-state index >= 15 is 0 Å². The van der Waals surface area contributed by atoms with Crippen LogP contribution in [0.3, 0.4) is 0 Å². The first-order valence-corrected chi connectivity index (χ1v) is 13.0. The summed E-state index contributed by atoms with van der Waals surface area (Å²) in [7, 11) is 0. The van der Waals surface area contributed by atoms with Gasteiger partial charge in [0.05, 0.1) is 25.4 Å². The van der Waals surface area contributed by atoms with Gasteiger partial charge in [0.25, 0.3) is 0 Å². The summed E-state index contributed by atoms with van der Waals surface area (Å²) in [5.41, 5.74) is 1.53. The Kier molecular flexibility index (Phi) is 7.35. The minimum atomic E-state index is -1.15. The Labute approximate surface area is 210 Å². The molecule has 0 bridgehead atoms. The largest absolute Gasteiger partial charge is 0.394 e. The fraction of sp³-hybridized carbons (Fsp3) is 0.565. The maximum absolute atomic E-state index is 13.7. The highest BCUT2D eigenvalue weighted by Crippen LogP contribution is 2.44. The van der Waals surface area contributed by atoms with Crippen molar-refractivity contribution in [3.8, 4) is 0 Å². The number of fused-ring (bicyclic) bond motifs is 1. The Morgan fingerprint density at radius 2 is 2.00 bits per heavy atom. The summed E-state index contributed by atoms with van der Waals surface area (Å²) in [4.78, 5) is 9.27. The lowest BCUT2D eigenvalue weighted by atomic mass is 10.1. The quantitative estimate of drug-likeness (QED) is 0.231. The number of benzene rings is 1. The summed E-state index contributed by atoms with van der Waals surface area (Å²) < 4.78 is 34.0. The van der Waals surface area contributed by atoms with Gasteiger partial charge in [-0.25, -0.2) is 23.4 Å². The van der Waals surface area contributed by atoms with Crippen molar-refractivity contribution in [1.29, 1.82) is 0 Å². The normalized spacial score (nSPS) is 27.6. The van der Waals surface area contributed by atoms with E-state index in [0.29, 0.717) is 27.7 Å². The molecule has 10 nitrogen and oxygen atoms in total. The van der Waals surface area contributed by atoms with Gasteiger partial charge in [-0.2, -0.15) is 0 Å². The van der Waals surface area contributed by atoms with Gasteiger partial charge in [0, 0.05) is 24.1 Å². The van der Waals surface area contributed by atoms with E-state index in [9.17, 15) is 19.0 Å². The Bertz CT molecular complexity index is 1230. The zero-order valence-electron chi connectivity index (χ0n) is 19.6. The van der Waals surface area contributed by atoms with E-state index in [4.69, 9.17) is 9.84 Å². The van der Waals surface area contributed by atoms with Crippen molar-refractivity contribution in [2.24, 2.45) is 0 Å². The molecule has 3 unspecified atom stereocenters. The summed E-state index contributed by atoms with van der Waals surface area (Å²) in [5, 5.41) is 42.5. The number of halogens is 2. The van der Waals surface area contributed by atoms with Crippen LogP contribution in [0, 0.1) is 11.6 Å². The fourth-order valence-electron chi connectivity index (χ4n) is 4.61. The van der Waals surface area contributed by atoms with E-state index in [-0.39, 0.29) is 31.6 Å².